The zero-order chi connectivity index (χ0) is 24.2. The predicted molar refractivity (Wildman–Crippen MR) is 114 cm³/mol. The van der Waals surface area contributed by atoms with Gasteiger partial charge in [-0.05, 0) is 51.0 Å². The van der Waals surface area contributed by atoms with Crippen molar-refractivity contribution in [3.05, 3.63) is 62.7 Å². The van der Waals surface area contributed by atoms with Gasteiger partial charge in [0.1, 0.15) is 23.8 Å². The second-order valence-corrected chi connectivity index (χ2v) is 9.18. The van der Waals surface area contributed by atoms with Crippen LogP contribution < -0.4 is 20.9 Å². The zero-order valence-electron chi connectivity index (χ0n) is 18.3. The summed E-state index contributed by atoms with van der Waals surface area (Å²) < 4.78 is 49.2. The zero-order valence-corrected chi connectivity index (χ0v) is 19.2. The van der Waals surface area contributed by atoms with Crippen molar-refractivity contribution in [1.29, 1.82) is 0 Å². The number of carbonyl (C=O) groups is 1. The number of aryl methyl sites for hydroxylation is 1. The lowest BCUT2D eigenvalue weighted by atomic mass is 10.2. The highest BCUT2D eigenvalue weighted by atomic mass is 31.2. The number of nitrogens with zero attached hydrogens (tertiary/aromatic N) is 1. The van der Waals surface area contributed by atoms with E-state index >= 15 is 0 Å². The molecule has 1 aromatic heterocycles. The van der Waals surface area contributed by atoms with E-state index in [-0.39, 0.29) is 12.4 Å². The third kappa shape index (κ3) is 6.38. The van der Waals surface area contributed by atoms with Gasteiger partial charge in [-0.2, -0.15) is 5.09 Å². The van der Waals surface area contributed by atoms with Crippen LogP contribution in [0.1, 0.15) is 31.6 Å². The number of aromatic amines is 1. The summed E-state index contributed by atoms with van der Waals surface area (Å²) in [6.45, 7) is 2.80. The summed E-state index contributed by atoms with van der Waals surface area (Å²) in [6.07, 6.45) is 1.15. The van der Waals surface area contributed by atoms with E-state index in [0.717, 1.165) is 12.1 Å². The van der Waals surface area contributed by atoms with Gasteiger partial charge in [-0.15, -0.1) is 0 Å². The van der Waals surface area contributed by atoms with Gasteiger partial charge in [0.05, 0.1) is 19.8 Å². The molecule has 0 aliphatic carbocycles. The molecule has 0 amide bonds. The van der Waals surface area contributed by atoms with Crippen LogP contribution in [0.15, 0.2) is 40.1 Å². The van der Waals surface area contributed by atoms with Crippen molar-refractivity contribution >= 4 is 13.7 Å². The molecule has 11 nitrogen and oxygen atoms in total. The molecule has 1 unspecified atom stereocenters. The van der Waals surface area contributed by atoms with E-state index in [1.54, 1.807) is 6.92 Å². The normalized spacial score (nSPS) is 20.7. The average molecular weight is 485 g/mol. The van der Waals surface area contributed by atoms with Crippen LogP contribution in [0, 0.1) is 12.7 Å². The minimum Gasteiger partial charge on any atom is -0.468 e. The van der Waals surface area contributed by atoms with Gasteiger partial charge in [-0.1, -0.05) is 0 Å². The van der Waals surface area contributed by atoms with Crippen molar-refractivity contribution in [3.63, 3.8) is 0 Å². The van der Waals surface area contributed by atoms with Crippen LogP contribution in [0.2, 0.25) is 0 Å². The Hall–Kier alpha value is -2.79. The highest BCUT2D eigenvalue weighted by molar-refractivity contribution is 7.52. The quantitative estimate of drug-likeness (QED) is 0.403. The summed E-state index contributed by atoms with van der Waals surface area (Å²) in [4.78, 5) is 37.7. The molecule has 1 aliphatic rings. The van der Waals surface area contributed by atoms with Crippen molar-refractivity contribution in [2.75, 3.05) is 13.7 Å². The summed E-state index contributed by atoms with van der Waals surface area (Å²) >= 11 is 0. The van der Waals surface area contributed by atoms with E-state index in [0.29, 0.717) is 18.4 Å². The van der Waals surface area contributed by atoms with Gasteiger partial charge < -0.3 is 14.0 Å². The SMILES string of the molecule is COC(=O)[C@H](C)NP(=O)(OC[C@@H]1CC[C@H](n2cc(C)c(=O)[nH]c2=O)O1)Oc1ccc(F)cc1. The maximum Gasteiger partial charge on any atom is 0.459 e. The Morgan fingerprint density at radius 1 is 1.33 bits per heavy atom. The van der Waals surface area contributed by atoms with Crippen molar-refractivity contribution in [2.24, 2.45) is 0 Å². The number of carbonyl (C=O) groups excluding carboxylic acids is 1. The monoisotopic (exact) mass is 485 g/mol. The van der Waals surface area contributed by atoms with Gasteiger partial charge in [0.2, 0.25) is 0 Å². The number of methoxy groups -OCH3 is 1. The molecule has 4 atom stereocenters. The Bertz CT molecular complexity index is 1150. The summed E-state index contributed by atoms with van der Waals surface area (Å²) in [5.41, 5.74) is -0.717. The van der Waals surface area contributed by atoms with Crippen LogP contribution in [-0.4, -0.2) is 41.4 Å². The Balaban J connectivity index is 1.70. The molecule has 2 aromatic rings. The molecule has 13 heteroatoms. The largest absolute Gasteiger partial charge is 0.468 e. The first-order chi connectivity index (χ1) is 15.6. The molecule has 1 fully saturated rings. The fourth-order valence-corrected chi connectivity index (χ4v) is 4.71. The Labute approximate surface area is 188 Å². The molecule has 180 valence electrons. The van der Waals surface area contributed by atoms with Crippen molar-refractivity contribution in [2.45, 2.75) is 45.1 Å². The fraction of sp³-hybridized carbons (Fsp3) is 0.450. The molecular weight excluding hydrogens is 460 g/mol. The van der Waals surface area contributed by atoms with Crippen LogP contribution >= 0.6 is 7.75 Å². The third-order valence-electron chi connectivity index (χ3n) is 4.92. The summed E-state index contributed by atoms with van der Waals surface area (Å²) in [5, 5.41) is 2.49. The van der Waals surface area contributed by atoms with Crippen molar-refractivity contribution < 1.29 is 32.3 Å². The third-order valence-corrected chi connectivity index (χ3v) is 6.56. The molecule has 0 radical (unpaired) electrons. The highest BCUT2D eigenvalue weighted by Gasteiger charge is 2.35. The van der Waals surface area contributed by atoms with Crippen LogP contribution in [0.3, 0.4) is 0 Å². The standard InChI is InChI=1S/C20H25FN3O8P/c1-12-10-24(20(27)22-18(12)25)17-9-8-16(31-17)11-30-33(28,23-13(2)19(26)29-3)32-15-6-4-14(21)5-7-15/h4-7,10,13,16-17H,8-9,11H2,1-3H3,(H,23,28)(H,22,25,27)/t13-,16-,17+,33?/m0/s1. The molecule has 3 rings (SSSR count). The molecule has 1 saturated heterocycles. The first-order valence-corrected chi connectivity index (χ1v) is 11.7. The fourth-order valence-electron chi connectivity index (χ4n) is 3.19. The van der Waals surface area contributed by atoms with Gasteiger partial charge in [-0.25, -0.2) is 13.8 Å². The van der Waals surface area contributed by atoms with Gasteiger partial charge >= 0.3 is 19.4 Å². The maximum atomic E-state index is 13.3. The molecule has 2 N–H and O–H groups in total. The number of benzene rings is 1. The second-order valence-electron chi connectivity index (χ2n) is 7.48. The Morgan fingerprint density at radius 3 is 2.70 bits per heavy atom. The lowest BCUT2D eigenvalue weighted by Crippen LogP contribution is -2.35. The van der Waals surface area contributed by atoms with E-state index in [2.05, 4.69) is 14.8 Å². The second kappa shape index (κ2) is 10.4. The first kappa shape index (κ1) is 24.8. The number of aromatic nitrogens is 2. The maximum absolute atomic E-state index is 13.3. The smallest absolute Gasteiger partial charge is 0.459 e. The van der Waals surface area contributed by atoms with Crippen LogP contribution in [0.4, 0.5) is 4.39 Å². The minimum absolute atomic E-state index is 0.0600. The van der Waals surface area contributed by atoms with E-state index in [4.69, 9.17) is 13.8 Å². The number of halogens is 1. The lowest BCUT2D eigenvalue weighted by Gasteiger charge is -2.24. The van der Waals surface area contributed by atoms with Crippen molar-refractivity contribution in [1.82, 2.24) is 14.6 Å². The van der Waals surface area contributed by atoms with Crippen LogP contribution in [-0.2, 0) is 23.4 Å². The minimum atomic E-state index is -4.12. The van der Waals surface area contributed by atoms with Crippen molar-refractivity contribution in [3.8, 4) is 5.75 Å². The first-order valence-electron chi connectivity index (χ1n) is 10.1. The van der Waals surface area contributed by atoms with Gasteiger partial charge in [0, 0.05) is 11.8 Å². The van der Waals surface area contributed by atoms with E-state index < -0.39 is 49.2 Å². The molecule has 1 aliphatic heterocycles. The van der Waals surface area contributed by atoms with Crippen LogP contribution in [0.5, 0.6) is 5.75 Å². The summed E-state index contributed by atoms with van der Waals surface area (Å²) in [6, 6.07) is 3.75. The Morgan fingerprint density at radius 2 is 2.03 bits per heavy atom. The Kier molecular flexibility index (Phi) is 7.85. The molecule has 1 aromatic carbocycles. The highest BCUT2D eigenvalue weighted by Crippen LogP contribution is 2.45. The molecule has 0 saturated carbocycles. The molecule has 0 spiro atoms. The number of esters is 1. The summed E-state index contributed by atoms with van der Waals surface area (Å²) in [7, 11) is -2.94. The summed E-state index contributed by atoms with van der Waals surface area (Å²) in [5.74, 6) is -1.14. The number of nitrogens with one attached hydrogen (secondary N) is 2. The molecule has 33 heavy (non-hydrogen) atoms. The number of hydrogen-bond donors (Lipinski definition) is 2. The average Bonchev–Trinajstić information content (AvgIpc) is 3.25. The van der Waals surface area contributed by atoms with E-state index in [1.165, 1.54) is 36.9 Å². The lowest BCUT2D eigenvalue weighted by molar-refractivity contribution is -0.142. The topological polar surface area (TPSA) is 138 Å². The molecular formula is C20H25FN3O8P. The van der Waals surface area contributed by atoms with Crippen LogP contribution in [0.25, 0.3) is 0 Å². The van der Waals surface area contributed by atoms with E-state index in [1.807, 2.05) is 0 Å². The predicted octanol–water partition coefficient (Wildman–Crippen LogP) is 2.02. The van der Waals surface area contributed by atoms with Gasteiger partial charge in [-0.3, -0.25) is 23.7 Å². The number of rotatable bonds is 9. The molecule has 0 bridgehead atoms. The number of ether oxygens (including phenoxy) is 2. The molecule has 2 heterocycles. The number of H-pyrrole nitrogens is 1. The number of hydrogen-bond acceptors (Lipinski definition) is 8. The van der Waals surface area contributed by atoms with Gasteiger partial charge in [0.15, 0.2) is 0 Å². The van der Waals surface area contributed by atoms with E-state index in [9.17, 15) is 23.3 Å². The van der Waals surface area contributed by atoms with Gasteiger partial charge in [0.25, 0.3) is 5.56 Å².